The Kier molecular flexibility index (Phi) is 7.67. The van der Waals surface area contributed by atoms with Crippen molar-refractivity contribution in [2.45, 2.75) is 64.8 Å². The Labute approximate surface area is 136 Å². The van der Waals surface area contributed by atoms with Crippen molar-refractivity contribution in [1.82, 2.24) is 10.2 Å². The highest BCUT2D eigenvalue weighted by atomic mass is 16.5. The van der Waals surface area contributed by atoms with Crippen LogP contribution in [0.5, 0.6) is 0 Å². The van der Waals surface area contributed by atoms with Gasteiger partial charge in [0.05, 0.1) is 6.61 Å². The summed E-state index contributed by atoms with van der Waals surface area (Å²) in [6, 6.07) is 0.542. The van der Waals surface area contributed by atoms with Crippen LogP contribution in [0.15, 0.2) is 0 Å². The molecule has 0 radical (unpaired) electrons. The van der Waals surface area contributed by atoms with Gasteiger partial charge in [0, 0.05) is 25.6 Å². The van der Waals surface area contributed by atoms with E-state index in [2.05, 4.69) is 17.1 Å². The molecule has 0 spiro atoms. The first-order valence-electron chi connectivity index (χ1n) is 9.32. The molecule has 1 aliphatic carbocycles. The predicted molar refractivity (Wildman–Crippen MR) is 89.8 cm³/mol. The van der Waals surface area contributed by atoms with Gasteiger partial charge in [0.15, 0.2) is 0 Å². The second-order valence-electron chi connectivity index (χ2n) is 7.13. The Hall–Kier alpha value is -0.610. The molecular weight excluding hydrogens is 276 g/mol. The molecule has 1 heterocycles. The fourth-order valence-corrected chi connectivity index (χ4v) is 4.10. The first-order valence-corrected chi connectivity index (χ1v) is 9.32. The van der Waals surface area contributed by atoms with E-state index >= 15 is 0 Å². The number of carbonyl (C=O) groups excluding carboxylic acids is 1. The van der Waals surface area contributed by atoms with Crippen molar-refractivity contribution >= 4 is 5.97 Å². The number of carbonyl (C=O) groups is 1. The van der Waals surface area contributed by atoms with E-state index in [-0.39, 0.29) is 5.97 Å². The zero-order chi connectivity index (χ0) is 15.8. The van der Waals surface area contributed by atoms with Gasteiger partial charge >= 0.3 is 5.97 Å². The van der Waals surface area contributed by atoms with E-state index in [1.54, 1.807) is 0 Å². The minimum absolute atomic E-state index is 0.0274. The Morgan fingerprint density at radius 3 is 2.64 bits per heavy atom. The molecule has 2 atom stereocenters. The Balaban J connectivity index is 1.80. The van der Waals surface area contributed by atoms with Crippen LogP contribution in [0.4, 0.5) is 0 Å². The Morgan fingerprint density at radius 2 is 1.95 bits per heavy atom. The number of rotatable bonds is 8. The van der Waals surface area contributed by atoms with Crippen molar-refractivity contribution < 1.29 is 9.53 Å². The lowest BCUT2D eigenvalue weighted by Crippen LogP contribution is -2.50. The standard InChI is InChI=1S/C18H34N2O2/c1-3-9-20-13-16(11-18(21)22-4-2)10-17(14-20)19-12-15-7-5-6-8-15/h15-17,19H,3-14H2,1-2H3. The van der Waals surface area contributed by atoms with Gasteiger partial charge in [0.2, 0.25) is 0 Å². The highest BCUT2D eigenvalue weighted by Gasteiger charge is 2.29. The number of nitrogens with zero attached hydrogens (tertiary/aromatic N) is 1. The van der Waals surface area contributed by atoms with Crippen molar-refractivity contribution in [3.05, 3.63) is 0 Å². The van der Waals surface area contributed by atoms with Gasteiger partial charge < -0.3 is 15.0 Å². The number of piperidine rings is 1. The van der Waals surface area contributed by atoms with Crippen LogP contribution in [0.1, 0.15) is 58.8 Å². The van der Waals surface area contributed by atoms with E-state index < -0.39 is 0 Å². The van der Waals surface area contributed by atoms with Gasteiger partial charge in [0.1, 0.15) is 0 Å². The number of nitrogens with one attached hydrogen (secondary N) is 1. The van der Waals surface area contributed by atoms with Crippen LogP contribution in [0.25, 0.3) is 0 Å². The molecule has 128 valence electrons. The molecule has 2 aliphatic rings. The fourth-order valence-electron chi connectivity index (χ4n) is 4.10. The average molecular weight is 310 g/mol. The van der Waals surface area contributed by atoms with Crippen LogP contribution in [0.3, 0.4) is 0 Å². The maximum atomic E-state index is 11.8. The first-order chi connectivity index (χ1) is 10.7. The summed E-state index contributed by atoms with van der Waals surface area (Å²) in [5, 5.41) is 3.79. The molecule has 0 bridgehead atoms. The van der Waals surface area contributed by atoms with E-state index in [1.165, 1.54) is 32.1 Å². The molecule has 2 rings (SSSR count). The summed E-state index contributed by atoms with van der Waals surface area (Å²) in [6.07, 6.45) is 8.48. The first kappa shape index (κ1) is 17.7. The molecule has 1 saturated carbocycles. The fraction of sp³-hybridized carbons (Fsp3) is 0.944. The highest BCUT2D eigenvalue weighted by Crippen LogP contribution is 2.25. The minimum atomic E-state index is -0.0274. The van der Waals surface area contributed by atoms with Crippen LogP contribution in [0.2, 0.25) is 0 Å². The number of esters is 1. The maximum absolute atomic E-state index is 11.8. The lowest BCUT2D eigenvalue weighted by molar-refractivity contribution is -0.144. The molecule has 1 aliphatic heterocycles. The van der Waals surface area contributed by atoms with Crippen LogP contribution in [-0.4, -0.2) is 49.7 Å². The van der Waals surface area contributed by atoms with Gasteiger partial charge in [0.25, 0.3) is 0 Å². The summed E-state index contributed by atoms with van der Waals surface area (Å²) in [7, 11) is 0. The van der Waals surface area contributed by atoms with E-state index in [0.717, 1.165) is 38.5 Å². The lowest BCUT2D eigenvalue weighted by atomic mass is 9.91. The van der Waals surface area contributed by atoms with Gasteiger partial charge in [-0.1, -0.05) is 19.8 Å². The molecule has 0 aromatic carbocycles. The van der Waals surface area contributed by atoms with E-state index in [0.29, 0.717) is 25.0 Å². The topological polar surface area (TPSA) is 41.6 Å². The van der Waals surface area contributed by atoms with Crippen molar-refractivity contribution in [2.24, 2.45) is 11.8 Å². The van der Waals surface area contributed by atoms with Gasteiger partial charge in [-0.15, -0.1) is 0 Å². The molecule has 0 amide bonds. The van der Waals surface area contributed by atoms with Crippen molar-refractivity contribution in [3.8, 4) is 0 Å². The minimum Gasteiger partial charge on any atom is -0.466 e. The van der Waals surface area contributed by atoms with Gasteiger partial charge in [-0.25, -0.2) is 0 Å². The smallest absolute Gasteiger partial charge is 0.306 e. The number of likely N-dealkylation sites (tertiary alicyclic amines) is 1. The summed E-state index contributed by atoms with van der Waals surface area (Å²) in [5.74, 6) is 1.30. The molecular formula is C18H34N2O2. The lowest BCUT2D eigenvalue weighted by Gasteiger charge is -2.38. The van der Waals surface area contributed by atoms with Crippen LogP contribution in [0, 0.1) is 11.8 Å². The van der Waals surface area contributed by atoms with Crippen molar-refractivity contribution in [1.29, 1.82) is 0 Å². The number of ether oxygens (including phenoxy) is 1. The van der Waals surface area contributed by atoms with E-state index in [4.69, 9.17) is 4.74 Å². The SMILES string of the molecule is CCCN1CC(CC(=O)OCC)CC(NCC2CCCC2)C1. The third kappa shape index (κ3) is 5.88. The van der Waals surface area contributed by atoms with Crippen molar-refractivity contribution in [2.75, 3.05) is 32.8 Å². The molecule has 1 saturated heterocycles. The monoisotopic (exact) mass is 310 g/mol. The molecule has 4 nitrogen and oxygen atoms in total. The largest absolute Gasteiger partial charge is 0.466 e. The molecule has 2 unspecified atom stereocenters. The Morgan fingerprint density at radius 1 is 1.18 bits per heavy atom. The number of hydrogen-bond acceptors (Lipinski definition) is 4. The number of hydrogen-bond donors (Lipinski definition) is 1. The second-order valence-corrected chi connectivity index (χ2v) is 7.13. The second kappa shape index (κ2) is 9.51. The summed E-state index contributed by atoms with van der Waals surface area (Å²) in [5.41, 5.74) is 0. The molecule has 1 N–H and O–H groups in total. The third-order valence-corrected chi connectivity index (χ3v) is 5.08. The summed E-state index contributed by atoms with van der Waals surface area (Å²) >= 11 is 0. The third-order valence-electron chi connectivity index (χ3n) is 5.08. The molecule has 0 aromatic rings. The molecule has 0 aromatic heterocycles. The van der Waals surface area contributed by atoms with Gasteiger partial charge in [-0.2, -0.15) is 0 Å². The zero-order valence-corrected chi connectivity index (χ0v) is 14.5. The summed E-state index contributed by atoms with van der Waals surface area (Å²) in [6.45, 7) is 9.10. The van der Waals surface area contributed by atoms with E-state index in [9.17, 15) is 4.79 Å². The van der Waals surface area contributed by atoms with Gasteiger partial charge in [-0.3, -0.25) is 4.79 Å². The van der Waals surface area contributed by atoms with Crippen LogP contribution in [-0.2, 0) is 9.53 Å². The quantitative estimate of drug-likeness (QED) is 0.700. The van der Waals surface area contributed by atoms with Crippen LogP contribution < -0.4 is 5.32 Å². The zero-order valence-electron chi connectivity index (χ0n) is 14.5. The molecule has 22 heavy (non-hydrogen) atoms. The van der Waals surface area contributed by atoms with Crippen LogP contribution >= 0.6 is 0 Å². The average Bonchev–Trinajstić information content (AvgIpc) is 2.99. The normalized spacial score (nSPS) is 27.2. The maximum Gasteiger partial charge on any atom is 0.306 e. The van der Waals surface area contributed by atoms with Gasteiger partial charge in [-0.05, 0) is 57.5 Å². The summed E-state index contributed by atoms with van der Waals surface area (Å²) in [4.78, 5) is 14.3. The summed E-state index contributed by atoms with van der Waals surface area (Å²) < 4.78 is 5.14. The highest BCUT2D eigenvalue weighted by molar-refractivity contribution is 5.69. The van der Waals surface area contributed by atoms with Crippen molar-refractivity contribution in [3.63, 3.8) is 0 Å². The van der Waals surface area contributed by atoms with E-state index in [1.807, 2.05) is 6.92 Å². The Bertz CT molecular complexity index is 329. The molecule has 2 fully saturated rings. The molecule has 4 heteroatoms. The predicted octanol–water partition coefficient (Wildman–Crippen LogP) is 2.82.